The predicted octanol–water partition coefficient (Wildman–Crippen LogP) is 9.19. The van der Waals surface area contributed by atoms with Crippen LogP contribution in [0.15, 0.2) is 128 Å². The second-order valence-corrected chi connectivity index (χ2v) is 10.2. The van der Waals surface area contributed by atoms with E-state index >= 15 is 0 Å². The van der Waals surface area contributed by atoms with Gasteiger partial charge in [0.25, 0.3) is 0 Å². The van der Waals surface area contributed by atoms with E-state index in [0.29, 0.717) is 0 Å². The van der Waals surface area contributed by atoms with Gasteiger partial charge in [-0.15, -0.1) is 0 Å². The Morgan fingerprint density at radius 2 is 1.21 bits per heavy atom. The van der Waals surface area contributed by atoms with Gasteiger partial charge in [0.05, 0.1) is 11.0 Å². The molecule has 8 aromatic rings. The van der Waals surface area contributed by atoms with Crippen LogP contribution in [0.1, 0.15) is 0 Å². The van der Waals surface area contributed by atoms with Crippen LogP contribution in [0.4, 0.5) is 0 Å². The average Bonchev–Trinajstić information content (AvgIpc) is 3.29. The topological polar surface area (TPSA) is 30.7 Å². The van der Waals surface area contributed by atoms with Gasteiger partial charge in [0, 0.05) is 22.4 Å². The Morgan fingerprint density at radius 3 is 2.05 bits per heavy atom. The Morgan fingerprint density at radius 1 is 0.487 bits per heavy atom. The maximum Gasteiger partial charge on any atom is 0.162 e. The van der Waals surface area contributed by atoms with E-state index in [1.807, 2.05) is 12.3 Å². The summed E-state index contributed by atoms with van der Waals surface area (Å²) in [5.41, 5.74) is 10.4. The molecule has 0 radical (unpaired) electrons. The molecule has 3 heterocycles. The lowest BCUT2D eigenvalue weighted by molar-refractivity contribution is 1.09. The first-order valence-electron chi connectivity index (χ1n) is 13.3. The molecule has 3 heteroatoms. The van der Waals surface area contributed by atoms with Gasteiger partial charge < -0.3 is 0 Å². The van der Waals surface area contributed by atoms with Crippen LogP contribution in [0.3, 0.4) is 0 Å². The molecule has 0 fully saturated rings. The monoisotopic (exact) mass is 495 g/mol. The lowest BCUT2D eigenvalue weighted by Crippen LogP contribution is -2.00. The summed E-state index contributed by atoms with van der Waals surface area (Å²) in [5, 5.41) is 6.17. The average molecular weight is 496 g/mol. The first-order valence-corrected chi connectivity index (χ1v) is 13.3. The zero-order valence-corrected chi connectivity index (χ0v) is 21.0. The Hall–Kier alpha value is -5.28. The van der Waals surface area contributed by atoms with Gasteiger partial charge in [-0.3, -0.25) is 4.57 Å². The lowest BCUT2D eigenvalue weighted by atomic mass is 9.93. The van der Waals surface area contributed by atoms with Crippen molar-refractivity contribution in [1.29, 1.82) is 0 Å². The minimum absolute atomic E-state index is 0.749. The normalized spacial score (nSPS) is 12.1. The molecule has 0 amide bonds. The van der Waals surface area contributed by atoms with Gasteiger partial charge in [0.1, 0.15) is 5.82 Å². The van der Waals surface area contributed by atoms with E-state index in [0.717, 1.165) is 39.0 Å². The molecule has 0 bridgehead atoms. The van der Waals surface area contributed by atoms with Crippen molar-refractivity contribution < 1.29 is 0 Å². The van der Waals surface area contributed by atoms with Crippen LogP contribution < -0.4 is 0 Å². The number of benzene rings is 5. The second-order valence-electron chi connectivity index (χ2n) is 10.2. The Balaban J connectivity index is 1.49. The molecule has 0 unspecified atom stereocenters. The van der Waals surface area contributed by atoms with E-state index in [9.17, 15) is 0 Å². The van der Waals surface area contributed by atoms with E-state index < -0.39 is 0 Å². The first kappa shape index (κ1) is 20.7. The van der Waals surface area contributed by atoms with Gasteiger partial charge in [0.2, 0.25) is 0 Å². The highest BCUT2D eigenvalue weighted by Gasteiger charge is 2.25. The summed E-state index contributed by atoms with van der Waals surface area (Å²) in [4.78, 5) is 9.85. The third-order valence-electron chi connectivity index (χ3n) is 8.19. The second kappa shape index (κ2) is 7.62. The molecule has 0 saturated carbocycles. The fourth-order valence-corrected chi connectivity index (χ4v) is 6.59. The molecule has 0 atom stereocenters. The quantitative estimate of drug-likeness (QED) is 0.239. The molecule has 1 aliphatic carbocycles. The zero-order chi connectivity index (χ0) is 25.5. The molecule has 3 aromatic heterocycles. The number of fused-ring (bicyclic) bond motifs is 4. The molecule has 0 saturated heterocycles. The number of aromatic nitrogens is 3. The first-order chi connectivity index (χ1) is 19.4. The van der Waals surface area contributed by atoms with Gasteiger partial charge in [-0.2, -0.15) is 0 Å². The minimum atomic E-state index is 0.749. The number of hydrogen-bond acceptors (Lipinski definition) is 2. The van der Waals surface area contributed by atoms with Crippen molar-refractivity contribution in [1.82, 2.24) is 14.5 Å². The summed E-state index contributed by atoms with van der Waals surface area (Å²) in [6.45, 7) is 0. The molecule has 3 nitrogen and oxygen atoms in total. The van der Waals surface area contributed by atoms with Crippen molar-refractivity contribution in [2.75, 3.05) is 0 Å². The highest BCUT2D eigenvalue weighted by molar-refractivity contribution is 6.30. The van der Waals surface area contributed by atoms with Crippen molar-refractivity contribution in [2.24, 2.45) is 0 Å². The van der Waals surface area contributed by atoms with Gasteiger partial charge in [-0.05, 0) is 74.5 Å². The van der Waals surface area contributed by atoms with Crippen molar-refractivity contribution in [3.8, 4) is 39.2 Å². The molecule has 0 N–H and O–H groups in total. The number of rotatable bonds is 2. The maximum atomic E-state index is 5.15. The van der Waals surface area contributed by atoms with Gasteiger partial charge in [-0.25, -0.2) is 9.97 Å². The van der Waals surface area contributed by atoms with Gasteiger partial charge in [-0.1, -0.05) is 91.0 Å². The smallest absolute Gasteiger partial charge is 0.162 e. The number of hydrogen-bond donors (Lipinski definition) is 0. The highest BCUT2D eigenvalue weighted by Crippen LogP contribution is 2.49. The van der Waals surface area contributed by atoms with Crippen LogP contribution in [0.2, 0.25) is 0 Å². The summed E-state index contributed by atoms with van der Waals surface area (Å²) < 4.78 is 2.33. The van der Waals surface area contributed by atoms with Crippen molar-refractivity contribution >= 4 is 43.6 Å². The minimum Gasteiger partial charge on any atom is -0.294 e. The van der Waals surface area contributed by atoms with Gasteiger partial charge >= 0.3 is 0 Å². The molecule has 0 spiro atoms. The van der Waals surface area contributed by atoms with Crippen LogP contribution in [-0.4, -0.2) is 14.5 Å². The van der Waals surface area contributed by atoms with Crippen molar-refractivity contribution in [3.05, 3.63) is 128 Å². The van der Waals surface area contributed by atoms with Crippen LogP contribution >= 0.6 is 0 Å². The van der Waals surface area contributed by atoms with E-state index in [1.54, 1.807) is 0 Å². The molecule has 9 rings (SSSR count). The molecule has 39 heavy (non-hydrogen) atoms. The van der Waals surface area contributed by atoms with E-state index in [1.165, 1.54) is 43.8 Å². The summed E-state index contributed by atoms with van der Waals surface area (Å²) in [6, 6.07) is 43.5. The molecular weight excluding hydrogens is 474 g/mol. The van der Waals surface area contributed by atoms with Crippen molar-refractivity contribution in [2.45, 2.75) is 0 Å². The molecule has 180 valence electrons. The standard InChI is InChI=1S/C36H21N3/c1-2-9-22(10-3-1)29-21-32(38-36-28(29)16-8-20-37-36)39-30-17-7-15-27-25-13-5-4-12-24(25)26-14-6-11-23-18-19-31(39)35(33(23)26)34(27)30/h1-21H. The third-order valence-corrected chi connectivity index (χ3v) is 8.19. The molecule has 1 aliphatic rings. The van der Waals surface area contributed by atoms with E-state index in [2.05, 4.69) is 120 Å². The van der Waals surface area contributed by atoms with E-state index in [-0.39, 0.29) is 0 Å². The van der Waals surface area contributed by atoms with Crippen molar-refractivity contribution in [3.63, 3.8) is 0 Å². The molecule has 5 aromatic carbocycles. The van der Waals surface area contributed by atoms with Crippen LogP contribution in [0, 0.1) is 0 Å². The lowest BCUT2D eigenvalue weighted by Gasteiger charge is -2.14. The van der Waals surface area contributed by atoms with E-state index in [4.69, 9.17) is 9.97 Å². The number of pyridine rings is 2. The summed E-state index contributed by atoms with van der Waals surface area (Å²) >= 11 is 0. The predicted molar refractivity (Wildman–Crippen MR) is 161 cm³/mol. The Labute approximate surface area is 224 Å². The fraction of sp³-hybridized carbons (Fsp3) is 0. The zero-order valence-electron chi connectivity index (χ0n) is 21.0. The highest BCUT2D eigenvalue weighted by atomic mass is 15.1. The maximum absolute atomic E-state index is 5.15. The van der Waals surface area contributed by atoms with Crippen LogP contribution in [0.25, 0.3) is 82.8 Å². The summed E-state index contributed by atoms with van der Waals surface area (Å²) in [7, 11) is 0. The molecular formula is C36H21N3. The third kappa shape index (κ3) is 2.76. The largest absolute Gasteiger partial charge is 0.294 e. The SMILES string of the molecule is c1ccc(-c2cc(-n3c4cccc5c4c4c6c(cccc6ccc43)-c3ccccc3-5)nc3ncccc23)cc1. The number of nitrogens with zero attached hydrogens (tertiary/aromatic N) is 3. The van der Waals surface area contributed by atoms with Crippen LogP contribution in [-0.2, 0) is 0 Å². The fourth-order valence-electron chi connectivity index (χ4n) is 6.59. The Kier molecular flexibility index (Phi) is 4.05. The summed E-state index contributed by atoms with van der Waals surface area (Å²) in [6.07, 6.45) is 1.83. The molecule has 0 aliphatic heterocycles. The Bertz CT molecular complexity index is 2280. The summed E-state index contributed by atoms with van der Waals surface area (Å²) in [5.74, 6) is 0.878. The van der Waals surface area contributed by atoms with Crippen LogP contribution in [0.5, 0.6) is 0 Å². The van der Waals surface area contributed by atoms with Gasteiger partial charge in [0.15, 0.2) is 5.65 Å².